The molecular formula is C23H35N3O6S. The first-order valence-corrected chi connectivity index (χ1v) is 12.5. The Kier molecular flexibility index (Phi) is 9.14. The number of benzene rings is 1. The zero-order valence-electron chi connectivity index (χ0n) is 20.1. The number of fused-ring (bicyclic) bond motifs is 1. The molecule has 0 spiro atoms. The van der Waals surface area contributed by atoms with Crippen molar-refractivity contribution < 1.29 is 28.2 Å². The SMILES string of the molecule is CC(C)NC(=O)N(C)C[C@@H]1Oc2cc(C#C[C@@H](C)O)ccc2S(=O)(=O)N([C@H](C)CO)C[C@@H]1C. The van der Waals surface area contributed by atoms with Crippen LogP contribution in [0.15, 0.2) is 23.1 Å². The third kappa shape index (κ3) is 6.84. The number of carbonyl (C=O) groups excluding carboxylic acids is 1. The molecule has 1 aliphatic heterocycles. The van der Waals surface area contributed by atoms with Crippen LogP contribution in [0.2, 0.25) is 0 Å². The highest BCUT2D eigenvalue weighted by Gasteiger charge is 2.38. The van der Waals surface area contributed by atoms with Crippen molar-refractivity contribution in [3.8, 4) is 17.6 Å². The highest BCUT2D eigenvalue weighted by atomic mass is 32.2. The van der Waals surface area contributed by atoms with Crippen LogP contribution in [0, 0.1) is 17.8 Å². The number of likely N-dealkylation sites (N-methyl/N-ethyl adjacent to an activating group) is 1. The van der Waals surface area contributed by atoms with Crippen LogP contribution in [0.4, 0.5) is 4.79 Å². The molecule has 1 aromatic carbocycles. The van der Waals surface area contributed by atoms with Gasteiger partial charge in [-0.3, -0.25) is 0 Å². The highest BCUT2D eigenvalue weighted by Crippen LogP contribution is 2.34. The Morgan fingerprint density at radius 1 is 1.33 bits per heavy atom. The molecule has 0 saturated carbocycles. The normalized spacial score (nSPS) is 22.0. The Morgan fingerprint density at radius 3 is 2.58 bits per heavy atom. The van der Waals surface area contributed by atoms with E-state index in [1.807, 2.05) is 20.8 Å². The fourth-order valence-electron chi connectivity index (χ4n) is 3.42. The smallest absolute Gasteiger partial charge is 0.317 e. The predicted octanol–water partition coefficient (Wildman–Crippen LogP) is 1.24. The lowest BCUT2D eigenvalue weighted by Gasteiger charge is -2.37. The van der Waals surface area contributed by atoms with Gasteiger partial charge in [0.25, 0.3) is 0 Å². The topological polar surface area (TPSA) is 119 Å². The molecule has 1 heterocycles. The van der Waals surface area contributed by atoms with E-state index in [2.05, 4.69) is 17.2 Å². The molecule has 0 aliphatic carbocycles. The molecular weight excluding hydrogens is 446 g/mol. The van der Waals surface area contributed by atoms with Crippen LogP contribution >= 0.6 is 0 Å². The Balaban J connectivity index is 2.53. The highest BCUT2D eigenvalue weighted by molar-refractivity contribution is 7.89. The minimum Gasteiger partial charge on any atom is -0.487 e. The summed E-state index contributed by atoms with van der Waals surface area (Å²) >= 11 is 0. The van der Waals surface area contributed by atoms with Crippen molar-refractivity contribution in [3.05, 3.63) is 23.8 Å². The second-order valence-electron chi connectivity index (χ2n) is 8.83. The third-order valence-electron chi connectivity index (χ3n) is 5.31. The van der Waals surface area contributed by atoms with Gasteiger partial charge in [-0.25, -0.2) is 13.2 Å². The van der Waals surface area contributed by atoms with Crippen LogP contribution in [-0.2, 0) is 10.0 Å². The minimum atomic E-state index is -3.96. The lowest BCUT2D eigenvalue weighted by atomic mass is 10.0. The van der Waals surface area contributed by atoms with Crippen LogP contribution in [0.3, 0.4) is 0 Å². The molecule has 0 radical (unpaired) electrons. The first kappa shape index (κ1) is 26.9. The summed E-state index contributed by atoms with van der Waals surface area (Å²) in [5, 5.41) is 22.0. The van der Waals surface area contributed by atoms with Crippen molar-refractivity contribution in [1.82, 2.24) is 14.5 Å². The van der Waals surface area contributed by atoms with Gasteiger partial charge in [-0.1, -0.05) is 18.8 Å². The third-order valence-corrected chi connectivity index (χ3v) is 7.32. The zero-order valence-corrected chi connectivity index (χ0v) is 20.9. The van der Waals surface area contributed by atoms with E-state index < -0.39 is 28.3 Å². The predicted molar refractivity (Wildman–Crippen MR) is 125 cm³/mol. The number of hydrogen-bond donors (Lipinski definition) is 3. The van der Waals surface area contributed by atoms with Crippen LogP contribution in [0.5, 0.6) is 5.75 Å². The van der Waals surface area contributed by atoms with Gasteiger partial charge in [0.05, 0.1) is 13.2 Å². The van der Waals surface area contributed by atoms with Crippen molar-refractivity contribution in [2.75, 3.05) is 26.7 Å². The molecule has 0 aromatic heterocycles. The largest absolute Gasteiger partial charge is 0.487 e. The minimum absolute atomic E-state index is 0.0301. The van der Waals surface area contributed by atoms with Gasteiger partial charge in [-0.15, -0.1) is 0 Å². The van der Waals surface area contributed by atoms with Crippen LogP contribution in [0.1, 0.15) is 40.2 Å². The van der Waals surface area contributed by atoms with Gasteiger partial charge >= 0.3 is 6.03 Å². The molecule has 0 bridgehead atoms. The second-order valence-corrected chi connectivity index (χ2v) is 10.7. The lowest BCUT2D eigenvalue weighted by Crippen LogP contribution is -2.51. The maximum atomic E-state index is 13.4. The van der Waals surface area contributed by atoms with Crippen molar-refractivity contribution >= 4 is 16.1 Å². The molecule has 33 heavy (non-hydrogen) atoms. The van der Waals surface area contributed by atoms with Crippen molar-refractivity contribution in [2.45, 2.75) is 63.8 Å². The number of sulfonamides is 1. The summed E-state index contributed by atoms with van der Waals surface area (Å²) < 4.78 is 34.4. The van der Waals surface area contributed by atoms with Crippen LogP contribution in [0.25, 0.3) is 0 Å². The van der Waals surface area contributed by atoms with Gasteiger partial charge in [0, 0.05) is 37.2 Å². The summed E-state index contributed by atoms with van der Waals surface area (Å²) in [7, 11) is -2.31. The molecule has 2 rings (SSSR count). The molecule has 0 fully saturated rings. The lowest BCUT2D eigenvalue weighted by molar-refractivity contribution is 0.0809. The van der Waals surface area contributed by atoms with Crippen molar-refractivity contribution in [1.29, 1.82) is 0 Å². The number of hydrogen-bond acceptors (Lipinski definition) is 6. The van der Waals surface area contributed by atoms with E-state index in [4.69, 9.17) is 4.74 Å². The fraction of sp³-hybridized carbons (Fsp3) is 0.609. The van der Waals surface area contributed by atoms with Gasteiger partial charge in [-0.05, 0) is 45.9 Å². The van der Waals surface area contributed by atoms with Gasteiger partial charge in [0.2, 0.25) is 10.0 Å². The first-order chi connectivity index (χ1) is 15.4. The summed E-state index contributed by atoms with van der Waals surface area (Å²) in [4.78, 5) is 13.9. The molecule has 0 saturated heterocycles. The number of nitrogens with one attached hydrogen (secondary N) is 1. The Labute approximate surface area is 196 Å². The summed E-state index contributed by atoms with van der Waals surface area (Å²) in [6, 6.07) is 3.59. The number of nitrogens with zero attached hydrogens (tertiary/aromatic N) is 2. The van der Waals surface area contributed by atoms with Crippen molar-refractivity contribution in [3.63, 3.8) is 0 Å². The summed E-state index contributed by atoms with van der Waals surface area (Å²) in [5.74, 6) is 5.27. The average Bonchev–Trinajstić information content (AvgIpc) is 2.73. The van der Waals surface area contributed by atoms with Crippen LogP contribution < -0.4 is 10.1 Å². The van der Waals surface area contributed by atoms with Gasteiger partial charge in [-0.2, -0.15) is 4.31 Å². The van der Waals surface area contributed by atoms with Crippen LogP contribution in [-0.4, -0.2) is 84.9 Å². The molecule has 0 unspecified atom stereocenters. The van der Waals surface area contributed by atoms with Gasteiger partial charge < -0.3 is 25.2 Å². The van der Waals surface area contributed by atoms with Gasteiger partial charge in [0.15, 0.2) is 0 Å². The Bertz CT molecular complexity index is 999. The maximum absolute atomic E-state index is 13.4. The van der Waals surface area contributed by atoms with E-state index in [0.29, 0.717) is 5.56 Å². The van der Waals surface area contributed by atoms with E-state index in [1.165, 1.54) is 28.3 Å². The Morgan fingerprint density at radius 2 is 2.00 bits per heavy atom. The fourth-order valence-corrected chi connectivity index (χ4v) is 5.24. The average molecular weight is 482 g/mol. The number of aliphatic hydroxyl groups excluding tert-OH is 2. The molecule has 2 amide bonds. The molecule has 10 heteroatoms. The number of urea groups is 1. The second kappa shape index (κ2) is 11.2. The molecule has 184 valence electrons. The standard InChI is InChI=1S/C23H35N3O6S/c1-15(2)24-23(29)25(6)13-21-16(3)12-26(17(4)14-27)33(30,31)22-10-9-19(8-7-18(5)28)11-20(22)32-21/h9-11,15-18,21,27-28H,12-14H2,1-6H3,(H,24,29)/t16-,17+,18+,21-/m0/s1. The summed E-state index contributed by atoms with van der Waals surface area (Å²) in [6.45, 7) is 8.78. The molecule has 1 aliphatic rings. The summed E-state index contributed by atoms with van der Waals surface area (Å²) in [5.41, 5.74) is 0.490. The zero-order chi connectivity index (χ0) is 24.9. The molecule has 1 aromatic rings. The number of rotatable bonds is 5. The van der Waals surface area contributed by atoms with Crippen molar-refractivity contribution in [2.24, 2.45) is 5.92 Å². The Hall–Kier alpha value is -2.32. The number of carbonyl (C=O) groups is 1. The number of ether oxygens (including phenoxy) is 1. The quantitative estimate of drug-likeness (QED) is 0.545. The monoisotopic (exact) mass is 481 g/mol. The van der Waals surface area contributed by atoms with E-state index in [-0.39, 0.29) is 48.3 Å². The van der Waals surface area contributed by atoms with E-state index in [1.54, 1.807) is 20.0 Å². The van der Waals surface area contributed by atoms with E-state index >= 15 is 0 Å². The van der Waals surface area contributed by atoms with E-state index in [0.717, 1.165) is 0 Å². The molecule has 3 N–H and O–H groups in total. The van der Waals surface area contributed by atoms with Gasteiger partial charge in [0.1, 0.15) is 22.9 Å². The molecule has 9 nitrogen and oxygen atoms in total. The van der Waals surface area contributed by atoms with E-state index in [9.17, 15) is 23.4 Å². The number of amides is 2. The first-order valence-electron chi connectivity index (χ1n) is 11.0. The molecule has 4 atom stereocenters. The summed E-state index contributed by atoms with van der Waals surface area (Å²) in [6.07, 6.45) is -1.35. The number of aliphatic hydroxyl groups is 2. The maximum Gasteiger partial charge on any atom is 0.317 e.